The number of piperidine rings is 1. The molecule has 8 nitrogen and oxygen atoms in total. The van der Waals surface area contributed by atoms with Gasteiger partial charge in [-0.3, -0.25) is 14.6 Å². The lowest BCUT2D eigenvalue weighted by Gasteiger charge is -2.30. The average Bonchev–Trinajstić information content (AvgIpc) is 3.23. The molecule has 9 heteroatoms. The van der Waals surface area contributed by atoms with Gasteiger partial charge in [0.1, 0.15) is 0 Å². The number of nitrogens with zero attached hydrogens (tertiary/aromatic N) is 5. The van der Waals surface area contributed by atoms with Crippen LogP contribution in [0.4, 0.5) is 5.13 Å². The van der Waals surface area contributed by atoms with Crippen LogP contribution in [0.2, 0.25) is 0 Å². The van der Waals surface area contributed by atoms with Crippen molar-refractivity contribution in [3.63, 3.8) is 0 Å². The van der Waals surface area contributed by atoms with Crippen molar-refractivity contribution in [2.24, 2.45) is 5.92 Å². The number of carbonyl (C=O) groups excluding carboxylic acids is 1. The normalized spacial score (nSPS) is 17.1. The predicted molar refractivity (Wildman–Crippen MR) is 115 cm³/mol. The number of aryl methyl sites for hydroxylation is 1. The summed E-state index contributed by atoms with van der Waals surface area (Å²) in [7, 11) is 0. The summed E-state index contributed by atoms with van der Waals surface area (Å²) in [5, 5.41) is 8.38. The molecule has 1 N–H and O–H groups in total. The van der Waals surface area contributed by atoms with Crippen molar-refractivity contribution in [3.05, 3.63) is 51.7 Å². The number of amides is 1. The average molecular weight is 425 g/mol. The maximum atomic E-state index is 12.8. The van der Waals surface area contributed by atoms with E-state index in [1.54, 1.807) is 6.20 Å². The van der Waals surface area contributed by atoms with E-state index in [9.17, 15) is 9.59 Å². The van der Waals surface area contributed by atoms with Crippen LogP contribution in [0.5, 0.6) is 0 Å². The van der Waals surface area contributed by atoms with Gasteiger partial charge in [0.05, 0.1) is 17.9 Å². The number of carbonyl (C=O) groups is 1. The van der Waals surface area contributed by atoms with Crippen molar-refractivity contribution in [3.8, 4) is 0 Å². The third-order valence-corrected chi connectivity index (χ3v) is 6.94. The quantitative estimate of drug-likeness (QED) is 0.688. The van der Waals surface area contributed by atoms with E-state index in [0.29, 0.717) is 11.5 Å². The largest absolute Gasteiger partial charge is 0.350 e. The molecule has 30 heavy (non-hydrogen) atoms. The summed E-state index contributed by atoms with van der Waals surface area (Å²) in [4.78, 5) is 37.1. The van der Waals surface area contributed by atoms with E-state index >= 15 is 0 Å². The van der Waals surface area contributed by atoms with Gasteiger partial charge in [-0.05, 0) is 50.7 Å². The summed E-state index contributed by atoms with van der Waals surface area (Å²) in [6, 6.07) is 5.69. The second-order valence-corrected chi connectivity index (χ2v) is 8.86. The van der Waals surface area contributed by atoms with Gasteiger partial charge >= 0.3 is 0 Å². The topological polar surface area (TPSA) is 92.5 Å². The molecule has 4 heterocycles. The molecule has 3 aromatic rings. The number of pyridine rings is 1. The Balaban J connectivity index is 1.24. The Kier molecular flexibility index (Phi) is 5.20. The Morgan fingerprint density at radius 3 is 2.83 bits per heavy atom. The number of rotatable bonds is 4. The zero-order valence-electron chi connectivity index (χ0n) is 16.7. The molecule has 5 rings (SSSR count). The third kappa shape index (κ3) is 3.69. The first kappa shape index (κ1) is 19.2. The molecule has 2 aliphatic rings. The highest BCUT2D eigenvalue weighted by molar-refractivity contribution is 7.20. The molecule has 0 bridgehead atoms. The fourth-order valence-corrected chi connectivity index (χ4v) is 5.21. The van der Waals surface area contributed by atoms with Crippen molar-refractivity contribution in [2.45, 2.75) is 45.1 Å². The van der Waals surface area contributed by atoms with Crippen LogP contribution in [0.1, 0.15) is 42.6 Å². The van der Waals surface area contributed by atoms with Gasteiger partial charge in [0.2, 0.25) is 16.0 Å². The second kappa shape index (κ2) is 8.14. The zero-order valence-corrected chi connectivity index (χ0v) is 17.5. The van der Waals surface area contributed by atoms with Gasteiger partial charge in [0, 0.05) is 30.8 Å². The Hall–Kier alpha value is -2.81. The van der Waals surface area contributed by atoms with Crippen LogP contribution in [-0.2, 0) is 24.2 Å². The highest BCUT2D eigenvalue weighted by Crippen LogP contribution is 2.28. The van der Waals surface area contributed by atoms with Gasteiger partial charge in [-0.25, -0.2) is 4.98 Å². The first-order valence-electron chi connectivity index (χ1n) is 10.5. The van der Waals surface area contributed by atoms with E-state index < -0.39 is 0 Å². The maximum Gasteiger partial charge on any atom is 0.278 e. The predicted octanol–water partition coefficient (Wildman–Crippen LogP) is 1.96. The lowest BCUT2D eigenvalue weighted by atomic mass is 9.96. The summed E-state index contributed by atoms with van der Waals surface area (Å²) in [6.07, 6.45) is 7.09. The molecular weight excluding hydrogens is 400 g/mol. The van der Waals surface area contributed by atoms with E-state index in [-0.39, 0.29) is 17.4 Å². The van der Waals surface area contributed by atoms with Crippen LogP contribution in [-0.4, -0.2) is 38.6 Å². The van der Waals surface area contributed by atoms with Crippen molar-refractivity contribution in [2.75, 3.05) is 18.0 Å². The first-order valence-corrected chi connectivity index (χ1v) is 11.3. The molecule has 3 aromatic heterocycles. The minimum absolute atomic E-state index is 0.00694. The van der Waals surface area contributed by atoms with Gasteiger partial charge in [0.25, 0.3) is 5.56 Å². The smallest absolute Gasteiger partial charge is 0.278 e. The van der Waals surface area contributed by atoms with Crippen LogP contribution in [0.3, 0.4) is 0 Å². The Bertz CT molecular complexity index is 1120. The van der Waals surface area contributed by atoms with Gasteiger partial charge < -0.3 is 10.2 Å². The summed E-state index contributed by atoms with van der Waals surface area (Å²) < 4.78 is 1.47. The summed E-state index contributed by atoms with van der Waals surface area (Å²) >= 11 is 1.47. The Morgan fingerprint density at radius 2 is 2.03 bits per heavy atom. The number of hydrogen-bond acceptors (Lipinski definition) is 7. The number of aromatic nitrogens is 4. The minimum atomic E-state index is -0.0130. The molecule has 1 saturated heterocycles. The van der Waals surface area contributed by atoms with E-state index in [0.717, 1.165) is 73.7 Å². The number of anilines is 1. The molecule has 0 unspecified atom stereocenters. The van der Waals surface area contributed by atoms with Crippen LogP contribution < -0.4 is 15.8 Å². The monoisotopic (exact) mass is 424 g/mol. The minimum Gasteiger partial charge on any atom is -0.350 e. The zero-order chi connectivity index (χ0) is 20.5. The fourth-order valence-electron chi connectivity index (χ4n) is 4.25. The fraction of sp³-hybridized carbons (Fsp3) is 0.476. The lowest BCUT2D eigenvalue weighted by molar-refractivity contribution is -0.125. The van der Waals surface area contributed by atoms with E-state index in [2.05, 4.69) is 20.3 Å². The molecule has 156 valence electrons. The molecule has 1 amide bonds. The molecule has 1 aliphatic heterocycles. The van der Waals surface area contributed by atoms with Crippen molar-refractivity contribution >= 4 is 27.3 Å². The number of fused-ring (bicyclic) bond motifs is 2. The van der Waals surface area contributed by atoms with Gasteiger partial charge in [-0.2, -0.15) is 4.52 Å². The third-order valence-electron chi connectivity index (χ3n) is 5.98. The maximum absolute atomic E-state index is 12.8. The lowest BCUT2D eigenvalue weighted by Crippen LogP contribution is -2.40. The SMILES string of the molecule is O=C(NCc1ccccn1)C1CCN(c2nn3c(=O)c4c(nc3s2)CCCC4)CC1. The summed E-state index contributed by atoms with van der Waals surface area (Å²) in [5.41, 5.74) is 2.63. The Morgan fingerprint density at radius 1 is 1.20 bits per heavy atom. The number of hydrogen-bond donors (Lipinski definition) is 1. The molecule has 1 fully saturated rings. The molecular formula is C21H24N6O2S. The number of nitrogens with one attached hydrogen (secondary N) is 1. The molecule has 0 atom stereocenters. The highest BCUT2D eigenvalue weighted by Gasteiger charge is 2.27. The van der Waals surface area contributed by atoms with Crippen molar-refractivity contribution in [1.82, 2.24) is 24.9 Å². The van der Waals surface area contributed by atoms with Crippen molar-refractivity contribution < 1.29 is 4.79 Å². The van der Waals surface area contributed by atoms with E-state index in [4.69, 9.17) is 4.98 Å². The van der Waals surface area contributed by atoms with Crippen LogP contribution in [0, 0.1) is 5.92 Å². The summed E-state index contributed by atoms with van der Waals surface area (Å²) in [6.45, 7) is 1.95. The van der Waals surface area contributed by atoms with Crippen molar-refractivity contribution in [1.29, 1.82) is 0 Å². The Labute approximate surface area is 178 Å². The molecule has 1 aliphatic carbocycles. The standard InChI is InChI=1S/C21H24N6O2S/c28-18(23-13-15-5-3-4-10-22-15)14-8-11-26(12-9-14)21-25-27-19(29)16-6-1-2-7-17(16)24-20(27)30-21/h3-5,10,14H,1-2,6-9,11-13H2,(H,23,28). The van der Waals surface area contributed by atoms with Gasteiger partial charge in [0.15, 0.2) is 0 Å². The van der Waals surface area contributed by atoms with Gasteiger partial charge in [-0.1, -0.05) is 17.4 Å². The van der Waals surface area contributed by atoms with Gasteiger partial charge in [-0.15, -0.1) is 5.10 Å². The molecule has 0 aromatic carbocycles. The second-order valence-electron chi connectivity index (χ2n) is 7.93. The van der Waals surface area contributed by atoms with E-state index in [1.165, 1.54) is 15.9 Å². The molecule has 0 spiro atoms. The highest BCUT2D eigenvalue weighted by atomic mass is 32.1. The molecule has 0 saturated carbocycles. The molecule has 0 radical (unpaired) electrons. The first-order chi connectivity index (χ1) is 14.7. The summed E-state index contributed by atoms with van der Waals surface area (Å²) in [5.74, 6) is 0.0719. The van der Waals surface area contributed by atoms with Crippen LogP contribution in [0.15, 0.2) is 29.2 Å². The van der Waals surface area contributed by atoms with Crippen LogP contribution in [0.25, 0.3) is 4.96 Å². The van der Waals surface area contributed by atoms with E-state index in [1.807, 2.05) is 18.2 Å². The van der Waals surface area contributed by atoms with Crippen LogP contribution >= 0.6 is 11.3 Å².